The van der Waals surface area contributed by atoms with E-state index in [4.69, 9.17) is 10.2 Å². The van der Waals surface area contributed by atoms with Gasteiger partial charge in [-0.2, -0.15) is 0 Å². The molecule has 6 nitrogen and oxygen atoms in total. The number of carbonyl (C=O) groups excluding carboxylic acids is 1. The molecular formula is C11H14N2O4. The highest BCUT2D eigenvalue weighted by Gasteiger charge is 2.09. The van der Waals surface area contributed by atoms with Crippen LogP contribution in [-0.4, -0.2) is 47.3 Å². The number of nitrogens with one attached hydrogen (secondary N) is 1. The molecule has 0 saturated heterocycles. The lowest BCUT2D eigenvalue weighted by Crippen LogP contribution is -2.33. The fourth-order valence-corrected chi connectivity index (χ4v) is 1.20. The molecule has 17 heavy (non-hydrogen) atoms. The number of aliphatic hydroxyl groups is 1. The zero-order chi connectivity index (χ0) is 12.8. The van der Waals surface area contributed by atoms with E-state index in [9.17, 15) is 9.59 Å². The molecule has 0 unspecified atom stereocenters. The average molecular weight is 238 g/mol. The van der Waals surface area contributed by atoms with Crippen LogP contribution in [0.4, 0.5) is 10.5 Å². The first-order chi connectivity index (χ1) is 8.04. The number of hydrogen-bond donors (Lipinski definition) is 3. The summed E-state index contributed by atoms with van der Waals surface area (Å²) in [5.41, 5.74) is 0.507. The van der Waals surface area contributed by atoms with Crippen LogP contribution < -0.4 is 5.32 Å². The third kappa shape index (κ3) is 3.76. The lowest BCUT2D eigenvalue weighted by Gasteiger charge is -2.16. The summed E-state index contributed by atoms with van der Waals surface area (Å²) in [6.07, 6.45) is 0. The summed E-state index contributed by atoms with van der Waals surface area (Å²) in [6, 6.07) is 5.55. The number of hydrogen-bond acceptors (Lipinski definition) is 3. The second-order valence-corrected chi connectivity index (χ2v) is 3.46. The van der Waals surface area contributed by atoms with Gasteiger partial charge in [0, 0.05) is 19.3 Å². The van der Waals surface area contributed by atoms with E-state index in [2.05, 4.69) is 5.32 Å². The topological polar surface area (TPSA) is 89.9 Å². The molecule has 0 radical (unpaired) electrons. The SMILES string of the molecule is CN(CCO)C(=O)Nc1cccc(C(=O)O)c1. The number of anilines is 1. The van der Waals surface area contributed by atoms with Gasteiger partial charge in [0.05, 0.1) is 12.2 Å². The van der Waals surface area contributed by atoms with E-state index in [-0.39, 0.29) is 18.7 Å². The monoisotopic (exact) mass is 238 g/mol. The molecule has 0 saturated carbocycles. The summed E-state index contributed by atoms with van der Waals surface area (Å²) in [4.78, 5) is 23.6. The first kappa shape index (κ1) is 13.0. The van der Waals surface area contributed by atoms with Gasteiger partial charge in [0.15, 0.2) is 0 Å². The second kappa shape index (κ2) is 5.86. The van der Waals surface area contributed by atoms with Gasteiger partial charge in [-0.15, -0.1) is 0 Å². The van der Waals surface area contributed by atoms with Crippen molar-refractivity contribution in [3.63, 3.8) is 0 Å². The molecule has 0 atom stereocenters. The van der Waals surface area contributed by atoms with Crippen LogP contribution in [0.5, 0.6) is 0 Å². The van der Waals surface area contributed by atoms with Gasteiger partial charge < -0.3 is 20.4 Å². The van der Waals surface area contributed by atoms with E-state index in [1.54, 1.807) is 12.1 Å². The van der Waals surface area contributed by atoms with Crippen molar-refractivity contribution in [1.29, 1.82) is 0 Å². The van der Waals surface area contributed by atoms with Crippen LogP contribution in [0.1, 0.15) is 10.4 Å². The summed E-state index contributed by atoms with van der Waals surface area (Å²) < 4.78 is 0. The predicted octanol–water partition coefficient (Wildman–Crippen LogP) is 0.841. The minimum atomic E-state index is -1.05. The number of carboxylic acids is 1. The van der Waals surface area contributed by atoms with Crippen molar-refractivity contribution in [2.45, 2.75) is 0 Å². The highest BCUT2D eigenvalue weighted by atomic mass is 16.4. The van der Waals surface area contributed by atoms with Crippen LogP contribution in [0.25, 0.3) is 0 Å². The molecule has 1 aromatic rings. The zero-order valence-electron chi connectivity index (χ0n) is 9.38. The van der Waals surface area contributed by atoms with E-state index in [1.807, 2.05) is 0 Å². The number of aliphatic hydroxyl groups excluding tert-OH is 1. The van der Waals surface area contributed by atoms with Crippen LogP contribution in [0.3, 0.4) is 0 Å². The van der Waals surface area contributed by atoms with Crippen molar-refractivity contribution in [2.24, 2.45) is 0 Å². The van der Waals surface area contributed by atoms with Crippen LogP contribution in [-0.2, 0) is 0 Å². The number of likely N-dealkylation sites (N-methyl/N-ethyl adjacent to an activating group) is 1. The maximum atomic E-state index is 11.5. The van der Waals surface area contributed by atoms with Crippen LogP contribution in [0.15, 0.2) is 24.3 Å². The van der Waals surface area contributed by atoms with Crippen molar-refractivity contribution in [1.82, 2.24) is 4.90 Å². The van der Waals surface area contributed by atoms with Crippen molar-refractivity contribution in [3.8, 4) is 0 Å². The van der Waals surface area contributed by atoms with Crippen LogP contribution >= 0.6 is 0 Å². The van der Waals surface area contributed by atoms with Crippen LogP contribution in [0, 0.1) is 0 Å². The Labute approximate surface area is 98.5 Å². The number of amides is 2. The van der Waals surface area contributed by atoms with Gasteiger partial charge >= 0.3 is 12.0 Å². The second-order valence-electron chi connectivity index (χ2n) is 3.46. The fourth-order valence-electron chi connectivity index (χ4n) is 1.20. The number of benzene rings is 1. The molecule has 0 aromatic heterocycles. The predicted molar refractivity (Wildman–Crippen MR) is 62.1 cm³/mol. The van der Waals surface area contributed by atoms with E-state index < -0.39 is 12.0 Å². The van der Waals surface area contributed by atoms with Gasteiger partial charge in [-0.3, -0.25) is 0 Å². The molecular weight excluding hydrogens is 224 g/mol. The minimum Gasteiger partial charge on any atom is -0.478 e. The van der Waals surface area contributed by atoms with Gasteiger partial charge in [0.25, 0.3) is 0 Å². The summed E-state index contributed by atoms with van der Waals surface area (Å²) in [5.74, 6) is -1.05. The van der Waals surface area contributed by atoms with Gasteiger partial charge in [-0.25, -0.2) is 9.59 Å². The molecule has 1 rings (SSSR count). The average Bonchev–Trinajstić information content (AvgIpc) is 2.29. The maximum absolute atomic E-state index is 11.5. The van der Waals surface area contributed by atoms with Gasteiger partial charge in [0.2, 0.25) is 0 Å². The van der Waals surface area contributed by atoms with E-state index in [0.29, 0.717) is 5.69 Å². The molecule has 0 fully saturated rings. The number of urea groups is 1. The Bertz CT molecular complexity index is 420. The van der Waals surface area contributed by atoms with Crippen molar-refractivity contribution in [3.05, 3.63) is 29.8 Å². The number of carbonyl (C=O) groups is 2. The normalized spacial score (nSPS) is 9.76. The third-order valence-electron chi connectivity index (χ3n) is 2.14. The number of rotatable bonds is 4. The first-order valence-corrected chi connectivity index (χ1v) is 5.01. The molecule has 2 amide bonds. The molecule has 0 bridgehead atoms. The Balaban J connectivity index is 2.71. The highest BCUT2D eigenvalue weighted by Crippen LogP contribution is 2.11. The first-order valence-electron chi connectivity index (χ1n) is 5.01. The van der Waals surface area contributed by atoms with Gasteiger partial charge in [0.1, 0.15) is 0 Å². The Morgan fingerprint density at radius 2 is 2.12 bits per heavy atom. The standard InChI is InChI=1S/C11H14N2O4/c1-13(5-6-14)11(17)12-9-4-2-3-8(7-9)10(15)16/h2-4,7,14H,5-6H2,1H3,(H,12,17)(H,15,16). The molecule has 0 aliphatic heterocycles. The van der Waals surface area contributed by atoms with Crippen LogP contribution in [0.2, 0.25) is 0 Å². The lowest BCUT2D eigenvalue weighted by molar-refractivity contribution is 0.0697. The Hall–Kier alpha value is -2.08. The molecule has 0 heterocycles. The summed E-state index contributed by atoms with van der Waals surface area (Å²) in [5, 5.41) is 20.0. The van der Waals surface area contributed by atoms with Crippen molar-refractivity contribution in [2.75, 3.05) is 25.5 Å². The fraction of sp³-hybridized carbons (Fsp3) is 0.273. The molecule has 92 valence electrons. The van der Waals surface area contributed by atoms with Crippen molar-refractivity contribution < 1.29 is 19.8 Å². The number of aromatic carboxylic acids is 1. The largest absolute Gasteiger partial charge is 0.478 e. The maximum Gasteiger partial charge on any atom is 0.335 e. The zero-order valence-corrected chi connectivity index (χ0v) is 9.38. The van der Waals surface area contributed by atoms with Gasteiger partial charge in [-0.1, -0.05) is 6.07 Å². The Morgan fingerprint density at radius 1 is 1.41 bits per heavy atom. The molecule has 0 aliphatic rings. The summed E-state index contributed by atoms with van der Waals surface area (Å²) in [6.45, 7) is 0.0868. The molecule has 0 spiro atoms. The molecule has 3 N–H and O–H groups in total. The number of carboxylic acid groups (broad SMARTS) is 1. The Morgan fingerprint density at radius 3 is 2.71 bits per heavy atom. The van der Waals surface area contributed by atoms with Gasteiger partial charge in [-0.05, 0) is 18.2 Å². The van der Waals surface area contributed by atoms with E-state index in [0.717, 1.165) is 0 Å². The quantitative estimate of drug-likeness (QED) is 0.725. The summed E-state index contributed by atoms with van der Waals surface area (Å²) >= 11 is 0. The summed E-state index contributed by atoms with van der Waals surface area (Å²) in [7, 11) is 1.53. The minimum absolute atomic E-state index is 0.104. The third-order valence-corrected chi connectivity index (χ3v) is 2.14. The molecule has 1 aromatic carbocycles. The molecule has 6 heteroatoms. The highest BCUT2D eigenvalue weighted by molar-refractivity contribution is 5.93. The number of nitrogens with zero attached hydrogens (tertiary/aromatic N) is 1. The smallest absolute Gasteiger partial charge is 0.335 e. The van der Waals surface area contributed by atoms with Crippen molar-refractivity contribution >= 4 is 17.7 Å². The molecule has 0 aliphatic carbocycles. The van der Waals surface area contributed by atoms with E-state index in [1.165, 1.54) is 24.1 Å². The lowest BCUT2D eigenvalue weighted by atomic mass is 10.2. The van der Waals surface area contributed by atoms with E-state index >= 15 is 0 Å². The Kier molecular flexibility index (Phi) is 4.47.